The minimum atomic E-state index is -0.729. The van der Waals surface area contributed by atoms with Crippen molar-refractivity contribution < 1.29 is 19.1 Å². The van der Waals surface area contributed by atoms with Crippen LogP contribution in [-0.2, 0) is 29.0 Å². The second kappa shape index (κ2) is 12.0. The van der Waals surface area contributed by atoms with Crippen LogP contribution in [0.1, 0.15) is 28.3 Å². The molecule has 3 aliphatic heterocycles. The molecule has 7 rings (SSSR count). The molecule has 0 bridgehead atoms. The SMILES string of the molecule is CN1C(=O)N[C@@H](c2cccc(Oc3ccccc3)c2)C2=C1CN([C@@H](Cc1ccccc1)C(=O)N1CCc3ccccc3C1)C2=O. The van der Waals surface area contributed by atoms with Gasteiger partial charge in [-0.05, 0) is 52.9 Å². The van der Waals surface area contributed by atoms with Crippen LogP contribution in [0, 0.1) is 0 Å². The molecule has 0 saturated carbocycles. The van der Waals surface area contributed by atoms with Crippen LogP contribution in [0.3, 0.4) is 0 Å². The molecule has 226 valence electrons. The normalized spacial score (nSPS) is 18.3. The monoisotopic (exact) mass is 598 g/mol. The van der Waals surface area contributed by atoms with E-state index in [1.54, 1.807) is 11.9 Å². The van der Waals surface area contributed by atoms with Crippen molar-refractivity contribution in [2.45, 2.75) is 31.5 Å². The number of amides is 4. The van der Waals surface area contributed by atoms with Gasteiger partial charge in [-0.2, -0.15) is 0 Å². The number of hydrogen-bond donors (Lipinski definition) is 1. The van der Waals surface area contributed by atoms with E-state index in [0.717, 1.165) is 23.1 Å². The Balaban J connectivity index is 1.20. The van der Waals surface area contributed by atoms with Crippen molar-refractivity contribution in [1.29, 1.82) is 0 Å². The summed E-state index contributed by atoms with van der Waals surface area (Å²) < 4.78 is 6.06. The minimum Gasteiger partial charge on any atom is -0.457 e. The third kappa shape index (κ3) is 5.55. The highest BCUT2D eigenvalue weighted by molar-refractivity contribution is 6.03. The lowest BCUT2D eigenvalue weighted by atomic mass is 9.95. The summed E-state index contributed by atoms with van der Waals surface area (Å²) in [5, 5.41) is 3.02. The Bertz CT molecular complexity index is 1790. The Kier molecular flexibility index (Phi) is 7.55. The summed E-state index contributed by atoms with van der Waals surface area (Å²) in [6.07, 6.45) is 1.15. The molecule has 4 amide bonds. The number of fused-ring (bicyclic) bond motifs is 1. The average Bonchev–Trinajstić information content (AvgIpc) is 3.42. The largest absolute Gasteiger partial charge is 0.457 e. The van der Waals surface area contributed by atoms with Crippen LogP contribution in [0.25, 0.3) is 0 Å². The molecule has 8 nitrogen and oxygen atoms in total. The van der Waals surface area contributed by atoms with Crippen molar-refractivity contribution >= 4 is 17.8 Å². The highest BCUT2D eigenvalue weighted by Crippen LogP contribution is 2.38. The zero-order valence-corrected chi connectivity index (χ0v) is 25.1. The summed E-state index contributed by atoms with van der Waals surface area (Å²) in [5.74, 6) is 0.952. The maximum absolute atomic E-state index is 14.5. The molecule has 0 spiro atoms. The summed E-state index contributed by atoms with van der Waals surface area (Å²) in [5.41, 5.74) is 5.17. The van der Waals surface area contributed by atoms with E-state index in [2.05, 4.69) is 17.4 Å². The molecule has 1 N–H and O–H groups in total. The lowest BCUT2D eigenvalue weighted by molar-refractivity contribution is -0.143. The van der Waals surface area contributed by atoms with Crippen molar-refractivity contribution in [3.63, 3.8) is 0 Å². The van der Waals surface area contributed by atoms with Crippen molar-refractivity contribution in [3.8, 4) is 11.5 Å². The number of para-hydroxylation sites is 1. The van der Waals surface area contributed by atoms with Crippen molar-refractivity contribution in [2.75, 3.05) is 20.1 Å². The molecule has 3 aliphatic rings. The van der Waals surface area contributed by atoms with Crippen molar-refractivity contribution in [3.05, 3.63) is 143 Å². The first-order valence-corrected chi connectivity index (χ1v) is 15.3. The molecule has 4 aromatic rings. The standard InChI is InChI=1S/C37H34N4O4/c1-39-32-24-41(31(21-25-11-4-2-5-12-25)35(42)40-20-19-26-13-8-9-14-28(26)23-40)36(43)33(32)34(38-37(39)44)27-15-10-18-30(22-27)45-29-16-6-3-7-17-29/h2-18,22,31,34H,19-21,23-24H2,1H3,(H,38,44)/t31-,34-/m0/s1. The molecule has 3 heterocycles. The zero-order chi connectivity index (χ0) is 30.9. The number of hydrogen-bond acceptors (Lipinski definition) is 4. The van der Waals surface area contributed by atoms with Gasteiger partial charge in [-0.15, -0.1) is 0 Å². The lowest BCUT2D eigenvalue weighted by Gasteiger charge is -2.35. The van der Waals surface area contributed by atoms with Crippen LogP contribution in [-0.4, -0.2) is 58.7 Å². The van der Waals surface area contributed by atoms with Crippen LogP contribution in [0.4, 0.5) is 4.79 Å². The summed E-state index contributed by atoms with van der Waals surface area (Å²) in [7, 11) is 1.67. The van der Waals surface area contributed by atoms with Gasteiger partial charge < -0.3 is 19.9 Å². The quantitative estimate of drug-likeness (QED) is 0.306. The Hall–Kier alpha value is -5.37. The van der Waals surface area contributed by atoms with E-state index < -0.39 is 12.1 Å². The predicted octanol–water partition coefficient (Wildman–Crippen LogP) is 5.47. The van der Waals surface area contributed by atoms with Crippen LogP contribution >= 0.6 is 0 Å². The molecule has 0 aromatic heterocycles. The fourth-order valence-electron chi connectivity index (χ4n) is 6.54. The smallest absolute Gasteiger partial charge is 0.322 e. The first-order chi connectivity index (χ1) is 22.0. The molecule has 0 fully saturated rings. The summed E-state index contributed by atoms with van der Waals surface area (Å²) in [6, 6.07) is 33.2. The van der Waals surface area contributed by atoms with E-state index in [9.17, 15) is 14.4 Å². The summed E-state index contributed by atoms with van der Waals surface area (Å²) in [4.78, 5) is 47.1. The highest BCUT2D eigenvalue weighted by atomic mass is 16.5. The number of likely N-dealkylation sites (N-methyl/N-ethyl adjacent to an activating group) is 1. The van der Waals surface area contributed by atoms with E-state index in [4.69, 9.17) is 4.74 Å². The molecular formula is C37H34N4O4. The van der Waals surface area contributed by atoms with Gasteiger partial charge in [-0.1, -0.05) is 84.9 Å². The van der Waals surface area contributed by atoms with E-state index in [-0.39, 0.29) is 24.4 Å². The molecule has 0 aliphatic carbocycles. The first-order valence-electron chi connectivity index (χ1n) is 15.3. The van der Waals surface area contributed by atoms with Crippen molar-refractivity contribution in [2.24, 2.45) is 0 Å². The van der Waals surface area contributed by atoms with Gasteiger partial charge >= 0.3 is 6.03 Å². The Morgan fingerprint density at radius 3 is 2.31 bits per heavy atom. The van der Waals surface area contributed by atoms with Crippen LogP contribution in [0.15, 0.2) is 120 Å². The van der Waals surface area contributed by atoms with Gasteiger partial charge in [0.15, 0.2) is 0 Å². The molecule has 8 heteroatoms. The topological polar surface area (TPSA) is 82.2 Å². The second-order valence-corrected chi connectivity index (χ2v) is 11.7. The summed E-state index contributed by atoms with van der Waals surface area (Å²) in [6.45, 7) is 1.27. The fraction of sp³-hybridized carbons (Fsp3) is 0.216. The van der Waals surface area contributed by atoms with Gasteiger partial charge in [0.1, 0.15) is 17.5 Å². The van der Waals surface area contributed by atoms with Crippen molar-refractivity contribution in [1.82, 2.24) is 20.0 Å². The third-order valence-corrected chi connectivity index (χ3v) is 8.93. The predicted molar refractivity (Wildman–Crippen MR) is 170 cm³/mol. The maximum atomic E-state index is 14.5. The molecule has 2 atom stereocenters. The molecule has 0 radical (unpaired) electrons. The minimum absolute atomic E-state index is 0.0849. The van der Waals surface area contributed by atoms with Gasteiger partial charge in [0, 0.05) is 26.6 Å². The molecule has 45 heavy (non-hydrogen) atoms. The number of urea groups is 1. The molecule has 0 unspecified atom stereocenters. The molecule has 0 saturated heterocycles. The number of carbonyl (C=O) groups excluding carboxylic acids is 3. The van der Waals surface area contributed by atoms with E-state index in [0.29, 0.717) is 42.3 Å². The second-order valence-electron chi connectivity index (χ2n) is 11.7. The Morgan fingerprint density at radius 1 is 0.844 bits per heavy atom. The maximum Gasteiger partial charge on any atom is 0.322 e. The average molecular weight is 599 g/mol. The number of benzene rings is 4. The van der Waals surface area contributed by atoms with E-state index in [1.165, 1.54) is 10.5 Å². The van der Waals surface area contributed by atoms with Gasteiger partial charge in [0.05, 0.1) is 23.9 Å². The van der Waals surface area contributed by atoms with Gasteiger partial charge in [0.2, 0.25) is 5.91 Å². The number of nitrogens with one attached hydrogen (secondary N) is 1. The van der Waals surface area contributed by atoms with E-state index in [1.807, 2.05) is 102 Å². The number of ether oxygens (including phenoxy) is 1. The van der Waals surface area contributed by atoms with Gasteiger partial charge in [0.25, 0.3) is 5.91 Å². The number of rotatable bonds is 7. The van der Waals surface area contributed by atoms with Crippen LogP contribution in [0.2, 0.25) is 0 Å². The lowest BCUT2D eigenvalue weighted by Crippen LogP contribution is -2.52. The number of nitrogens with zero attached hydrogens (tertiary/aromatic N) is 3. The number of carbonyl (C=O) groups is 3. The third-order valence-electron chi connectivity index (χ3n) is 8.93. The zero-order valence-electron chi connectivity index (χ0n) is 25.1. The Labute approximate surface area is 262 Å². The highest BCUT2D eigenvalue weighted by Gasteiger charge is 2.47. The van der Waals surface area contributed by atoms with Gasteiger partial charge in [-0.25, -0.2) is 4.79 Å². The molecule has 4 aromatic carbocycles. The van der Waals surface area contributed by atoms with Crippen LogP contribution < -0.4 is 10.1 Å². The fourth-order valence-corrected chi connectivity index (χ4v) is 6.54. The van der Waals surface area contributed by atoms with E-state index >= 15 is 0 Å². The van der Waals surface area contributed by atoms with Crippen LogP contribution in [0.5, 0.6) is 11.5 Å². The molecular weight excluding hydrogens is 564 g/mol. The Morgan fingerprint density at radius 2 is 1.53 bits per heavy atom. The first kappa shape index (κ1) is 28.4. The van der Waals surface area contributed by atoms with Gasteiger partial charge in [-0.3, -0.25) is 14.5 Å². The summed E-state index contributed by atoms with van der Waals surface area (Å²) >= 11 is 0.